The summed E-state index contributed by atoms with van der Waals surface area (Å²) in [6, 6.07) is 4.62. The van der Waals surface area contributed by atoms with Crippen LogP contribution in [0.4, 0.5) is 0 Å². The molecule has 1 aliphatic heterocycles. The summed E-state index contributed by atoms with van der Waals surface area (Å²) in [5.74, 6) is 0.144. The molecular formula is C21H26N8O2S. The van der Waals surface area contributed by atoms with Gasteiger partial charge in [-0.05, 0) is 25.8 Å². The minimum absolute atomic E-state index is 0.144. The summed E-state index contributed by atoms with van der Waals surface area (Å²) in [5.41, 5.74) is 2.16. The highest BCUT2D eigenvalue weighted by Crippen LogP contribution is 2.45. The molecule has 1 N–H and O–H groups in total. The van der Waals surface area contributed by atoms with Gasteiger partial charge in [0, 0.05) is 55.6 Å². The lowest BCUT2D eigenvalue weighted by molar-refractivity contribution is -0.00892. The highest BCUT2D eigenvalue weighted by molar-refractivity contribution is 7.89. The number of aromatic nitrogens is 5. The van der Waals surface area contributed by atoms with E-state index >= 15 is 0 Å². The van der Waals surface area contributed by atoms with Crippen LogP contribution in [-0.4, -0.2) is 80.3 Å². The summed E-state index contributed by atoms with van der Waals surface area (Å²) >= 11 is 0. The van der Waals surface area contributed by atoms with Crippen LogP contribution in [0.15, 0.2) is 31.0 Å². The zero-order valence-electron chi connectivity index (χ0n) is 18.0. The van der Waals surface area contributed by atoms with E-state index < -0.39 is 10.0 Å². The standard InChI is InChI=1S/C21H26N8O2S/c1-2-32(30,31)28-9-7-27(8-10-28)17-11-21(12-17,4-5-22)29-14-16(13-26-29)19-18-3-6-23-20(18)25-15-24-19/h3,6,13-15,17H,2,4,7-12H2,1H3,(H,23,24,25)/t17-,21+. The molecule has 0 radical (unpaired) electrons. The summed E-state index contributed by atoms with van der Waals surface area (Å²) in [6.45, 7) is 4.20. The second kappa shape index (κ2) is 7.95. The van der Waals surface area contributed by atoms with Gasteiger partial charge in [-0.25, -0.2) is 18.4 Å². The van der Waals surface area contributed by atoms with Gasteiger partial charge in [-0.3, -0.25) is 9.58 Å². The van der Waals surface area contributed by atoms with E-state index in [0.29, 0.717) is 25.6 Å². The second-order valence-corrected chi connectivity index (χ2v) is 10.9. The molecule has 0 amide bonds. The van der Waals surface area contributed by atoms with Crippen LogP contribution in [0.3, 0.4) is 0 Å². The van der Waals surface area contributed by atoms with Crippen LogP contribution in [0.5, 0.6) is 0 Å². The monoisotopic (exact) mass is 454 g/mol. The Bertz CT molecular complexity index is 1260. The van der Waals surface area contributed by atoms with Crippen LogP contribution in [0.25, 0.3) is 22.3 Å². The van der Waals surface area contributed by atoms with Gasteiger partial charge in [-0.15, -0.1) is 0 Å². The Labute approximate surface area is 186 Å². The number of hydrogen-bond acceptors (Lipinski definition) is 7. The average Bonchev–Trinajstić information content (AvgIpc) is 3.46. The molecule has 0 atom stereocenters. The number of hydrogen-bond donors (Lipinski definition) is 1. The molecular weight excluding hydrogens is 428 g/mol. The smallest absolute Gasteiger partial charge is 0.213 e. The number of H-pyrrole nitrogens is 1. The first kappa shape index (κ1) is 21.1. The van der Waals surface area contributed by atoms with E-state index in [1.165, 1.54) is 6.33 Å². The molecule has 2 fully saturated rings. The van der Waals surface area contributed by atoms with E-state index in [4.69, 9.17) is 0 Å². The fourth-order valence-electron chi connectivity index (χ4n) is 4.97. The van der Waals surface area contributed by atoms with E-state index in [-0.39, 0.29) is 11.3 Å². The van der Waals surface area contributed by atoms with E-state index in [2.05, 4.69) is 31.0 Å². The number of nitrogens with zero attached hydrogens (tertiary/aromatic N) is 7. The van der Waals surface area contributed by atoms with Crippen molar-refractivity contribution in [3.63, 3.8) is 0 Å². The van der Waals surface area contributed by atoms with Crippen molar-refractivity contribution < 1.29 is 8.42 Å². The van der Waals surface area contributed by atoms with Crippen LogP contribution in [0.2, 0.25) is 0 Å². The third-order valence-electron chi connectivity index (χ3n) is 6.88. The van der Waals surface area contributed by atoms with Gasteiger partial charge in [0.05, 0.1) is 35.7 Å². The number of nitrogens with one attached hydrogen (secondary N) is 1. The molecule has 3 aromatic rings. The van der Waals surface area contributed by atoms with Crippen molar-refractivity contribution >= 4 is 21.1 Å². The maximum Gasteiger partial charge on any atom is 0.213 e. The predicted octanol–water partition coefficient (Wildman–Crippen LogP) is 1.56. The zero-order chi connectivity index (χ0) is 22.3. The molecule has 10 nitrogen and oxygen atoms in total. The third-order valence-corrected chi connectivity index (χ3v) is 8.76. The van der Waals surface area contributed by atoms with Crippen molar-refractivity contribution in [2.75, 3.05) is 31.9 Å². The second-order valence-electron chi connectivity index (χ2n) is 8.59. The van der Waals surface area contributed by atoms with Crippen LogP contribution in [0.1, 0.15) is 26.2 Å². The molecule has 2 aliphatic rings. The number of sulfonamides is 1. The number of nitriles is 1. The largest absolute Gasteiger partial charge is 0.346 e. The van der Waals surface area contributed by atoms with Gasteiger partial charge in [0.15, 0.2) is 0 Å². The quantitative estimate of drug-likeness (QED) is 0.599. The Balaban J connectivity index is 1.31. The zero-order valence-corrected chi connectivity index (χ0v) is 18.8. The predicted molar refractivity (Wildman–Crippen MR) is 119 cm³/mol. The maximum atomic E-state index is 12.1. The van der Waals surface area contributed by atoms with Crippen molar-refractivity contribution in [1.29, 1.82) is 5.26 Å². The molecule has 3 aromatic heterocycles. The molecule has 11 heteroatoms. The van der Waals surface area contributed by atoms with Crippen molar-refractivity contribution in [2.45, 2.75) is 37.8 Å². The Hall–Kier alpha value is -2.81. The molecule has 0 spiro atoms. The van der Waals surface area contributed by atoms with Crippen molar-refractivity contribution in [3.8, 4) is 17.3 Å². The topological polar surface area (TPSA) is 124 Å². The van der Waals surface area contributed by atoms with Gasteiger partial charge < -0.3 is 4.98 Å². The summed E-state index contributed by atoms with van der Waals surface area (Å²) in [6.07, 6.45) is 9.19. The number of piperazine rings is 1. The molecule has 0 unspecified atom stereocenters. The molecule has 0 aromatic carbocycles. The normalized spacial score (nSPS) is 24.9. The number of aromatic amines is 1. The lowest BCUT2D eigenvalue weighted by Gasteiger charge is -2.52. The number of rotatable bonds is 6. The Kier molecular flexibility index (Phi) is 5.23. The van der Waals surface area contributed by atoms with Gasteiger partial charge in [-0.1, -0.05) is 0 Å². The highest BCUT2D eigenvalue weighted by atomic mass is 32.2. The summed E-state index contributed by atoms with van der Waals surface area (Å²) in [7, 11) is -3.13. The Morgan fingerprint density at radius 2 is 2.03 bits per heavy atom. The number of fused-ring (bicyclic) bond motifs is 1. The minimum Gasteiger partial charge on any atom is -0.346 e. The van der Waals surface area contributed by atoms with Crippen LogP contribution in [0, 0.1) is 11.3 Å². The molecule has 1 saturated carbocycles. The fourth-order valence-corrected chi connectivity index (χ4v) is 6.06. The first-order chi connectivity index (χ1) is 15.5. The minimum atomic E-state index is -3.13. The van der Waals surface area contributed by atoms with E-state index in [9.17, 15) is 13.7 Å². The SMILES string of the molecule is CCS(=O)(=O)N1CCN([C@H]2C[C@@](CC#N)(n3cc(-c4ncnc5[nH]ccc45)cn3)C2)CC1. The summed E-state index contributed by atoms with van der Waals surface area (Å²) in [4.78, 5) is 14.1. The van der Waals surface area contributed by atoms with Crippen molar-refractivity contribution in [2.24, 2.45) is 0 Å². The lowest BCUT2D eigenvalue weighted by atomic mass is 9.70. The first-order valence-electron chi connectivity index (χ1n) is 10.9. The summed E-state index contributed by atoms with van der Waals surface area (Å²) < 4.78 is 27.8. The van der Waals surface area contributed by atoms with Gasteiger partial charge >= 0.3 is 0 Å². The molecule has 5 rings (SSSR count). The van der Waals surface area contributed by atoms with E-state index in [1.54, 1.807) is 17.4 Å². The van der Waals surface area contributed by atoms with Crippen LogP contribution < -0.4 is 0 Å². The van der Waals surface area contributed by atoms with Gasteiger partial charge in [-0.2, -0.15) is 14.7 Å². The fraction of sp³-hybridized carbons (Fsp3) is 0.524. The van der Waals surface area contributed by atoms with Gasteiger partial charge in [0.25, 0.3) is 0 Å². The molecule has 0 bridgehead atoms. The van der Waals surface area contributed by atoms with E-state index in [0.717, 1.165) is 48.2 Å². The lowest BCUT2D eigenvalue weighted by Crippen LogP contribution is -2.60. The van der Waals surface area contributed by atoms with Crippen molar-refractivity contribution in [1.82, 2.24) is 33.9 Å². The van der Waals surface area contributed by atoms with Crippen LogP contribution >= 0.6 is 0 Å². The van der Waals surface area contributed by atoms with E-state index in [1.807, 2.05) is 23.1 Å². The van der Waals surface area contributed by atoms with Crippen molar-refractivity contribution in [3.05, 3.63) is 31.0 Å². The molecule has 168 valence electrons. The highest BCUT2D eigenvalue weighted by Gasteiger charge is 2.49. The Morgan fingerprint density at radius 3 is 2.75 bits per heavy atom. The maximum absolute atomic E-state index is 12.1. The molecule has 1 aliphatic carbocycles. The average molecular weight is 455 g/mol. The summed E-state index contributed by atoms with van der Waals surface area (Å²) in [5, 5.41) is 15.1. The Morgan fingerprint density at radius 1 is 1.25 bits per heavy atom. The van der Waals surface area contributed by atoms with Crippen LogP contribution in [-0.2, 0) is 15.6 Å². The molecule has 4 heterocycles. The van der Waals surface area contributed by atoms with Gasteiger partial charge in [0.1, 0.15) is 12.0 Å². The molecule has 32 heavy (non-hydrogen) atoms. The third kappa shape index (κ3) is 3.48. The first-order valence-corrected chi connectivity index (χ1v) is 12.5. The molecule has 1 saturated heterocycles. The van der Waals surface area contributed by atoms with Gasteiger partial charge in [0.2, 0.25) is 10.0 Å².